The molecule has 0 atom stereocenters. The topological polar surface area (TPSA) is 45.0 Å². The molecule has 0 amide bonds. The number of hydrogen-bond donors (Lipinski definition) is 1. The van der Waals surface area contributed by atoms with Crippen LogP contribution in [0.15, 0.2) is 42.5 Å². The van der Waals surface area contributed by atoms with Crippen LogP contribution in [-0.2, 0) is 0 Å². The van der Waals surface area contributed by atoms with Gasteiger partial charge in [-0.1, -0.05) is 6.07 Å². The van der Waals surface area contributed by atoms with E-state index in [9.17, 15) is 4.39 Å². The number of nitrogens with one attached hydrogen (secondary N) is 1. The maximum atomic E-state index is 13.5. The van der Waals surface area contributed by atoms with Gasteiger partial charge in [0.2, 0.25) is 0 Å². The number of nitrogens with zero attached hydrogens (tertiary/aromatic N) is 1. The summed E-state index contributed by atoms with van der Waals surface area (Å²) in [6.45, 7) is 2.51. The van der Waals surface area contributed by atoms with Gasteiger partial charge in [0.25, 0.3) is 0 Å². The molecule has 0 aliphatic rings. The summed E-state index contributed by atoms with van der Waals surface area (Å²) in [7, 11) is 0. The number of benzene rings is 2. The lowest BCUT2D eigenvalue weighted by Crippen LogP contribution is -1.95. The van der Waals surface area contributed by atoms with E-state index in [1.54, 1.807) is 12.1 Å². The van der Waals surface area contributed by atoms with E-state index in [1.165, 1.54) is 12.1 Å². The highest BCUT2D eigenvalue weighted by atomic mass is 19.1. The van der Waals surface area contributed by atoms with Crippen molar-refractivity contribution in [3.63, 3.8) is 0 Å². The van der Waals surface area contributed by atoms with E-state index in [0.717, 1.165) is 11.4 Å². The molecule has 2 aromatic rings. The number of nitriles is 1. The highest BCUT2D eigenvalue weighted by Crippen LogP contribution is 2.22. The largest absolute Gasteiger partial charge is 0.494 e. The lowest BCUT2D eigenvalue weighted by atomic mass is 10.2. The number of halogens is 1. The summed E-state index contributed by atoms with van der Waals surface area (Å²) in [6, 6.07) is 13.6. The van der Waals surface area contributed by atoms with Crippen LogP contribution in [-0.4, -0.2) is 6.61 Å². The Balaban J connectivity index is 2.19. The van der Waals surface area contributed by atoms with Crippen molar-refractivity contribution in [1.29, 1.82) is 5.26 Å². The van der Waals surface area contributed by atoms with Crippen LogP contribution >= 0.6 is 0 Å². The number of rotatable bonds is 4. The maximum absolute atomic E-state index is 13.5. The Morgan fingerprint density at radius 3 is 2.68 bits per heavy atom. The standard InChI is InChI=1S/C15H13FN2O/c1-2-19-14-5-3-4-12(8-14)18-13-7-6-11(10-17)15(16)9-13/h3-9,18H,2H2,1H3. The van der Waals surface area contributed by atoms with Crippen molar-refractivity contribution in [2.75, 3.05) is 11.9 Å². The van der Waals surface area contributed by atoms with Gasteiger partial charge in [-0.2, -0.15) is 5.26 Å². The minimum atomic E-state index is -0.534. The normalized spacial score (nSPS) is 9.74. The molecule has 0 bridgehead atoms. The van der Waals surface area contributed by atoms with Crippen molar-refractivity contribution >= 4 is 11.4 Å². The predicted octanol–water partition coefficient (Wildman–Crippen LogP) is 3.84. The summed E-state index contributed by atoms with van der Waals surface area (Å²) < 4.78 is 18.9. The monoisotopic (exact) mass is 256 g/mol. The third-order valence-corrected chi connectivity index (χ3v) is 2.52. The van der Waals surface area contributed by atoms with Gasteiger partial charge in [-0.15, -0.1) is 0 Å². The third kappa shape index (κ3) is 3.23. The molecular formula is C15H13FN2O. The van der Waals surface area contributed by atoms with Crippen molar-refractivity contribution in [2.24, 2.45) is 0 Å². The van der Waals surface area contributed by atoms with Crippen molar-refractivity contribution in [2.45, 2.75) is 6.92 Å². The highest BCUT2D eigenvalue weighted by molar-refractivity contribution is 5.62. The second kappa shape index (κ2) is 5.87. The first-order chi connectivity index (χ1) is 9.22. The number of anilines is 2. The van der Waals surface area contributed by atoms with Gasteiger partial charge in [-0.05, 0) is 37.3 Å². The minimum absolute atomic E-state index is 0.0358. The molecule has 1 N–H and O–H groups in total. The molecule has 0 aromatic heterocycles. The molecule has 3 nitrogen and oxygen atoms in total. The Bertz CT molecular complexity index is 620. The molecule has 0 aliphatic heterocycles. The quantitative estimate of drug-likeness (QED) is 0.903. The van der Waals surface area contributed by atoms with Crippen molar-refractivity contribution in [3.8, 4) is 11.8 Å². The summed E-state index contributed by atoms with van der Waals surface area (Å²) in [5, 5.41) is 11.7. The number of hydrogen-bond acceptors (Lipinski definition) is 3. The van der Waals surface area contributed by atoms with Crippen LogP contribution in [0.4, 0.5) is 15.8 Å². The fourth-order valence-electron chi connectivity index (χ4n) is 1.68. The molecule has 2 rings (SSSR count). The van der Waals surface area contributed by atoms with E-state index in [2.05, 4.69) is 5.32 Å². The Kier molecular flexibility index (Phi) is 3.99. The van der Waals surface area contributed by atoms with Crippen LogP contribution in [0.3, 0.4) is 0 Å². The van der Waals surface area contributed by atoms with Crippen molar-refractivity contribution < 1.29 is 9.13 Å². The molecule has 0 aliphatic carbocycles. The van der Waals surface area contributed by atoms with E-state index in [1.807, 2.05) is 31.2 Å². The van der Waals surface area contributed by atoms with Gasteiger partial charge in [0.15, 0.2) is 0 Å². The van der Waals surface area contributed by atoms with E-state index >= 15 is 0 Å². The molecule has 0 saturated carbocycles. The van der Waals surface area contributed by atoms with Crippen LogP contribution in [0.1, 0.15) is 12.5 Å². The minimum Gasteiger partial charge on any atom is -0.494 e. The molecule has 96 valence electrons. The molecule has 0 radical (unpaired) electrons. The summed E-state index contributed by atoms with van der Waals surface area (Å²) in [5.74, 6) is 0.218. The van der Waals surface area contributed by atoms with Gasteiger partial charge in [0, 0.05) is 17.4 Å². The van der Waals surface area contributed by atoms with E-state index in [0.29, 0.717) is 12.3 Å². The zero-order chi connectivity index (χ0) is 13.7. The zero-order valence-corrected chi connectivity index (χ0v) is 10.5. The Hall–Kier alpha value is -2.54. The van der Waals surface area contributed by atoms with Gasteiger partial charge < -0.3 is 10.1 Å². The average molecular weight is 256 g/mol. The molecule has 19 heavy (non-hydrogen) atoms. The van der Waals surface area contributed by atoms with E-state index < -0.39 is 5.82 Å². The molecule has 4 heteroatoms. The zero-order valence-electron chi connectivity index (χ0n) is 10.5. The van der Waals surface area contributed by atoms with Crippen LogP contribution in [0.25, 0.3) is 0 Å². The summed E-state index contributed by atoms with van der Waals surface area (Å²) >= 11 is 0. The first kappa shape index (κ1) is 12.9. The molecular weight excluding hydrogens is 243 g/mol. The van der Waals surface area contributed by atoms with Crippen molar-refractivity contribution in [1.82, 2.24) is 0 Å². The average Bonchev–Trinajstić information content (AvgIpc) is 2.40. The Morgan fingerprint density at radius 1 is 1.21 bits per heavy atom. The van der Waals surface area contributed by atoms with Gasteiger partial charge in [-0.25, -0.2) is 4.39 Å². The van der Waals surface area contributed by atoms with Gasteiger partial charge in [-0.3, -0.25) is 0 Å². The van der Waals surface area contributed by atoms with Gasteiger partial charge in [0.1, 0.15) is 17.6 Å². The lowest BCUT2D eigenvalue weighted by Gasteiger charge is -2.09. The Morgan fingerprint density at radius 2 is 2.00 bits per heavy atom. The number of ether oxygens (including phenoxy) is 1. The highest BCUT2D eigenvalue weighted by Gasteiger charge is 2.03. The Labute approximate surface area is 111 Å². The van der Waals surface area contributed by atoms with Gasteiger partial charge in [0.05, 0.1) is 12.2 Å². The van der Waals surface area contributed by atoms with Crippen LogP contribution in [0, 0.1) is 17.1 Å². The lowest BCUT2D eigenvalue weighted by molar-refractivity contribution is 0.340. The fraction of sp³-hybridized carbons (Fsp3) is 0.133. The fourth-order valence-corrected chi connectivity index (χ4v) is 1.68. The predicted molar refractivity (Wildman–Crippen MR) is 72.0 cm³/mol. The molecule has 0 saturated heterocycles. The third-order valence-electron chi connectivity index (χ3n) is 2.52. The second-order valence-electron chi connectivity index (χ2n) is 3.89. The van der Waals surface area contributed by atoms with Crippen molar-refractivity contribution in [3.05, 3.63) is 53.8 Å². The summed E-state index contributed by atoms with van der Waals surface area (Å²) in [4.78, 5) is 0. The van der Waals surface area contributed by atoms with E-state index in [-0.39, 0.29) is 5.56 Å². The summed E-state index contributed by atoms with van der Waals surface area (Å²) in [5.41, 5.74) is 1.42. The SMILES string of the molecule is CCOc1cccc(Nc2ccc(C#N)c(F)c2)c1. The molecule has 0 fully saturated rings. The van der Waals surface area contributed by atoms with Crippen LogP contribution < -0.4 is 10.1 Å². The van der Waals surface area contributed by atoms with E-state index in [4.69, 9.17) is 10.00 Å². The first-order valence-electron chi connectivity index (χ1n) is 5.92. The molecule has 0 heterocycles. The first-order valence-corrected chi connectivity index (χ1v) is 5.92. The van der Waals surface area contributed by atoms with Gasteiger partial charge >= 0.3 is 0 Å². The summed E-state index contributed by atoms with van der Waals surface area (Å²) in [6.07, 6.45) is 0. The smallest absolute Gasteiger partial charge is 0.143 e. The van der Waals surface area contributed by atoms with Crippen LogP contribution in [0.2, 0.25) is 0 Å². The molecule has 0 spiro atoms. The second-order valence-corrected chi connectivity index (χ2v) is 3.89. The molecule has 0 unspecified atom stereocenters. The molecule has 2 aromatic carbocycles. The van der Waals surface area contributed by atoms with Crippen LogP contribution in [0.5, 0.6) is 5.75 Å². The maximum Gasteiger partial charge on any atom is 0.143 e.